The van der Waals surface area contributed by atoms with Crippen molar-refractivity contribution in [3.05, 3.63) is 87.3 Å². The number of hydrogen-bond acceptors (Lipinski definition) is 6. The van der Waals surface area contributed by atoms with Gasteiger partial charge >= 0.3 is 12.3 Å². The molecule has 0 spiro atoms. The summed E-state index contributed by atoms with van der Waals surface area (Å²) in [6.45, 7) is 0. The first-order chi connectivity index (χ1) is 19.6. The number of halogens is 6. The van der Waals surface area contributed by atoms with Crippen LogP contribution in [0.4, 0.5) is 23.2 Å². The van der Waals surface area contributed by atoms with Gasteiger partial charge in [-0.3, -0.25) is 14.3 Å². The quantitative estimate of drug-likeness (QED) is 0.210. The maximum Gasteiger partial charge on any atom is 0.573 e. The number of allylic oxidation sites excluding steroid dienone is 2. The molecule has 0 heterocycles. The number of amides is 1. The summed E-state index contributed by atoms with van der Waals surface area (Å²) in [5, 5.41) is 10.8. The van der Waals surface area contributed by atoms with Crippen LogP contribution >= 0.6 is 23.2 Å². The van der Waals surface area contributed by atoms with Crippen molar-refractivity contribution in [2.45, 2.75) is 30.5 Å². The molecule has 0 saturated carbocycles. The van der Waals surface area contributed by atoms with Gasteiger partial charge < -0.3 is 19.9 Å². The summed E-state index contributed by atoms with van der Waals surface area (Å²) in [4.78, 5) is 23.1. The minimum Gasteiger partial charge on any atom is -0.481 e. The van der Waals surface area contributed by atoms with Crippen LogP contribution in [0.2, 0.25) is 10.0 Å². The Hall–Kier alpha value is -4.01. The molecule has 16 heteroatoms. The summed E-state index contributed by atoms with van der Waals surface area (Å²) in [5.41, 5.74) is 0.0785. The summed E-state index contributed by atoms with van der Waals surface area (Å²) in [7, 11) is -4.63. The van der Waals surface area contributed by atoms with Crippen molar-refractivity contribution < 1.29 is 50.1 Å². The van der Waals surface area contributed by atoms with Crippen LogP contribution < -0.4 is 19.5 Å². The van der Waals surface area contributed by atoms with Crippen molar-refractivity contribution in [2.24, 2.45) is 0 Å². The molecule has 0 unspecified atom stereocenters. The van der Waals surface area contributed by atoms with E-state index in [1.165, 1.54) is 12.1 Å². The average molecular weight is 649 g/mol. The second kappa shape index (κ2) is 12.1. The molecule has 0 radical (unpaired) electrons. The number of carboxylic acids is 1. The van der Waals surface area contributed by atoms with Crippen LogP contribution in [0, 0.1) is 5.82 Å². The fourth-order valence-corrected chi connectivity index (χ4v) is 5.44. The number of anilines is 1. The number of benzene rings is 3. The van der Waals surface area contributed by atoms with Crippen molar-refractivity contribution in [3.8, 4) is 17.2 Å². The van der Waals surface area contributed by atoms with Gasteiger partial charge in [0.2, 0.25) is 0 Å². The molecule has 0 bridgehead atoms. The Labute approximate surface area is 245 Å². The van der Waals surface area contributed by atoms with Gasteiger partial charge in [-0.2, -0.15) is 0 Å². The third kappa shape index (κ3) is 7.63. The highest BCUT2D eigenvalue weighted by molar-refractivity contribution is 7.92. The van der Waals surface area contributed by atoms with E-state index in [0.717, 1.165) is 36.8 Å². The van der Waals surface area contributed by atoms with Crippen LogP contribution in [0.5, 0.6) is 17.2 Å². The lowest BCUT2D eigenvalue weighted by Gasteiger charge is -2.18. The van der Waals surface area contributed by atoms with Gasteiger partial charge in [-0.25, -0.2) is 12.8 Å². The molecule has 222 valence electrons. The molecular formula is C26H18Cl2F4N2O7S. The zero-order valence-electron chi connectivity index (χ0n) is 20.9. The molecule has 0 fully saturated rings. The van der Waals surface area contributed by atoms with E-state index >= 15 is 0 Å². The molecular weight excluding hydrogens is 631 g/mol. The lowest BCUT2D eigenvalue weighted by molar-refractivity contribution is -0.274. The summed E-state index contributed by atoms with van der Waals surface area (Å²) in [5.74, 6) is -4.19. The Morgan fingerprint density at radius 1 is 1.00 bits per heavy atom. The molecule has 3 N–H and O–H groups in total. The molecule has 0 saturated heterocycles. The number of sulfonamides is 1. The topological polar surface area (TPSA) is 131 Å². The highest BCUT2D eigenvalue weighted by Gasteiger charge is 2.32. The number of ether oxygens (including phenoxy) is 2. The molecule has 3 aromatic carbocycles. The third-order valence-electron chi connectivity index (χ3n) is 5.65. The lowest BCUT2D eigenvalue weighted by Crippen LogP contribution is -2.25. The molecule has 9 nitrogen and oxygen atoms in total. The van der Waals surface area contributed by atoms with E-state index in [-0.39, 0.29) is 33.3 Å². The van der Waals surface area contributed by atoms with Crippen LogP contribution in [0.1, 0.15) is 28.8 Å². The molecule has 1 amide bonds. The maximum absolute atomic E-state index is 14.5. The average Bonchev–Trinajstić information content (AvgIpc) is 2.83. The highest BCUT2D eigenvalue weighted by atomic mass is 35.5. The minimum absolute atomic E-state index is 0.0121. The van der Waals surface area contributed by atoms with Gasteiger partial charge in [0.1, 0.15) is 22.2 Å². The van der Waals surface area contributed by atoms with Crippen molar-refractivity contribution in [1.29, 1.82) is 0 Å². The molecule has 0 atom stereocenters. The van der Waals surface area contributed by atoms with Gasteiger partial charge in [0.25, 0.3) is 15.9 Å². The predicted molar refractivity (Wildman–Crippen MR) is 143 cm³/mol. The van der Waals surface area contributed by atoms with Crippen LogP contribution in [-0.4, -0.2) is 31.8 Å². The van der Waals surface area contributed by atoms with Crippen LogP contribution in [0.25, 0.3) is 0 Å². The summed E-state index contributed by atoms with van der Waals surface area (Å²) in [6, 6.07) is 7.60. The Bertz CT molecular complexity index is 1710. The number of carboxylic acid groups (broad SMARTS) is 1. The summed E-state index contributed by atoms with van der Waals surface area (Å²) in [6.07, 6.45) is -2.50. The summed E-state index contributed by atoms with van der Waals surface area (Å²) < 4.78 is 90.2. The maximum atomic E-state index is 14.5. The molecule has 4 rings (SSSR count). The van der Waals surface area contributed by atoms with Crippen molar-refractivity contribution in [3.63, 3.8) is 0 Å². The highest BCUT2D eigenvalue weighted by Crippen LogP contribution is 2.38. The molecule has 0 aromatic heterocycles. The fraction of sp³-hybridized carbons (Fsp3) is 0.154. The second-order valence-corrected chi connectivity index (χ2v) is 11.2. The van der Waals surface area contributed by atoms with Crippen molar-refractivity contribution >= 4 is 50.8 Å². The Morgan fingerprint density at radius 2 is 1.71 bits per heavy atom. The number of aliphatic carboxylic acids is 1. The van der Waals surface area contributed by atoms with Crippen LogP contribution in [0.15, 0.2) is 65.2 Å². The van der Waals surface area contributed by atoms with Gasteiger partial charge in [0.05, 0.1) is 22.2 Å². The monoisotopic (exact) mass is 648 g/mol. The first-order valence-electron chi connectivity index (χ1n) is 11.7. The normalized spacial score (nSPS) is 13.0. The van der Waals surface area contributed by atoms with Gasteiger partial charge in [0, 0.05) is 29.0 Å². The molecule has 1 aliphatic carbocycles. The first kappa shape index (κ1) is 30.9. The van der Waals surface area contributed by atoms with E-state index in [2.05, 4.69) is 14.8 Å². The predicted octanol–water partition coefficient (Wildman–Crippen LogP) is 6.66. The molecule has 1 aliphatic rings. The number of rotatable bonds is 10. The SMILES string of the molecule is O=C(O)Cc1cc(Cl)c(Oc2ccc(C(=O)NC3=CCC3)cc2NS(=O)(=O)c2ccc(OC(F)(F)F)cc2Cl)cc1F. The largest absolute Gasteiger partial charge is 0.573 e. The molecule has 42 heavy (non-hydrogen) atoms. The van der Waals surface area contributed by atoms with E-state index in [9.17, 15) is 35.6 Å². The first-order valence-corrected chi connectivity index (χ1v) is 14.0. The van der Waals surface area contributed by atoms with E-state index in [4.69, 9.17) is 33.0 Å². The van der Waals surface area contributed by atoms with Crippen molar-refractivity contribution in [1.82, 2.24) is 5.32 Å². The standard InChI is InChI=1S/C26H18Cl2F4N2O7S/c27-17-8-14(10-24(35)36)19(29)12-22(17)40-21-6-4-13(25(37)33-15-2-1-3-15)9-20(21)34-42(38,39)23-7-5-16(11-18(23)28)41-26(30,31)32/h2,4-9,11-12,34H,1,3,10H2,(H,33,37)(H,35,36). The number of hydrogen-bond donors (Lipinski definition) is 3. The smallest absolute Gasteiger partial charge is 0.481 e. The van der Waals surface area contributed by atoms with Gasteiger partial charge in [-0.05, 0) is 49.2 Å². The number of carbonyl (C=O) groups is 2. The Kier molecular flexibility index (Phi) is 8.89. The lowest BCUT2D eigenvalue weighted by atomic mass is 10.1. The molecule has 3 aromatic rings. The number of nitrogens with one attached hydrogen (secondary N) is 2. The zero-order chi connectivity index (χ0) is 30.8. The van der Waals surface area contributed by atoms with E-state index < -0.39 is 56.2 Å². The minimum atomic E-state index is -5.04. The van der Waals surface area contributed by atoms with E-state index in [1.54, 1.807) is 6.08 Å². The van der Waals surface area contributed by atoms with Crippen LogP contribution in [-0.2, 0) is 21.2 Å². The number of alkyl halides is 3. The molecule has 0 aliphatic heterocycles. The van der Waals surface area contributed by atoms with Gasteiger partial charge in [-0.15, -0.1) is 13.2 Å². The van der Waals surface area contributed by atoms with Crippen LogP contribution in [0.3, 0.4) is 0 Å². The van der Waals surface area contributed by atoms with E-state index in [0.29, 0.717) is 18.2 Å². The Balaban J connectivity index is 1.71. The van der Waals surface area contributed by atoms with Gasteiger partial charge in [0.15, 0.2) is 5.75 Å². The zero-order valence-corrected chi connectivity index (χ0v) is 23.2. The van der Waals surface area contributed by atoms with Gasteiger partial charge in [-0.1, -0.05) is 29.3 Å². The third-order valence-corrected chi connectivity index (χ3v) is 7.80. The summed E-state index contributed by atoms with van der Waals surface area (Å²) >= 11 is 12.1. The van der Waals surface area contributed by atoms with Crippen molar-refractivity contribution in [2.75, 3.05) is 4.72 Å². The van der Waals surface area contributed by atoms with E-state index in [1.807, 2.05) is 0 Å². The number of carbonyl (C=O) groups excluding carboxylic acids is 1. The fourth-order valence-electron chi connectivity index (χ4n) is 3.62. The Morgan fingerprint density at radius 3 is 2.31 bits per heavy atom. The second-order valence-electron chi connectivity index (χ2n) is 8.73.